The molecule has 0 spiro atoms. The van der Waals surface area contributed by atoms with Gasteiger partial charge in [0.1, 0.15) is 23.2 Å². The number of nitrogens with one attached hydrogen (secondary N) is 2. The molecule has 1 atom stereocenters. The Morgan fingerprint density at radius 1 is 1.00 bits per heavy atom. The molecule has 29 heavy (non-hydrogen) atoms. The average Bonchev–Trinajstić information content (AvgIpc) is 2.65. The molecule has 0 saturated heterocycles. The summed E-state index contributed by atoms with van der Waals surface area (Å²) < 4.78 is 32.5. The molecule has 2 N–H and O–H groups in total. The minimum absolute atomic E-state index is 0.443. The van der Waals surface area contributed by atoms with E-state index in [1.807, 2.05) is 19.1 Å². The second-order valence-corrected chi connectivity index (χ2v) is 6.81. The lowest BCUT2D eigenvalue weighted by Gasteiger charge is -2.21. The molecule has 0 heterocycles. The Kier molecular flexibility index (Phi) is 7.41. The van der Waals surface area contributed by atoms with Crippen molar-refractivity contribution in [2.45, 2.75) is 26.8 Å². The Bertz CT molecular complexity index is 878. The standard InChI is InChI=1S/C21H22F2N2O4/c1-12(2)19(25-20(27)18-15(22)5-4-6-16(18)23)21(28)29-11-17(26)24-14-9-7-13(3)8-10-14/h4-10,12,19H,11H2,1-3H3,(H,24,26)(H,25,27)/t19-/m0/s1. The summed E-state index contributed by atoms with van der Waals surface area (Å²) in [5, 5.41) is 4.84. The normalized spacial score (nSPS) is 11.7. The molecule has 154 valence electrons. The number of rotatable bonds is 7. The van der Waals surface area contributed by atoms with Gasteiger partial charge in [-0.1, -0.05) is 37.6 Å². The molecule has 2 rings (SSSR count). The molecule has 0 aliphatic rings. The first-order valence-corrected chi connectivity index (χ1v) is 8.97. The van der Waals surface area contributed by atoms with E-state index in [-0.39, 0.29) is 0 Å². The van der Waals surface area contributed by atoms with E-state index < -0.39 is 53.5 Å². The molecular weight excluding hydrogens is 382 g/mol. The molecule has 0 fully saturated rings. The first-order chi connectivity index (χ1) is 13.7. The van der Waals surface area contributed by atoms with Crippen LogP contribution in [-0.4, -0.2) is 30.4 Å². The van der Waals surface area contributed by atoms with Crippen molar-refractivity contribution >= 4 is 23.5 Å². The van der Waals surface area contributed by atoms with Crippen LogP contribution < -0.4 is 10.6 Å². The minimum atomic E-state index is -1.19. The molecule has 6 nitrogen and oxygen atoms in total. The van der Waals surface area contributed by atoms with E-state index in [2.05, 4.69) is 10.6 Å². The zero-order valence-electron chi connectivity index (χ0n) is 16.3. The van der Waals surface area contributed by atoms with E-state index in [9.17, 15) is 23.2 Å². The molecule has 0 unspecified atom stereocenters. The van der Waals surface area contributed by atoms with Gasteiger partial charge in [0.05, 0.1) is 0 Å². The predicted octanol–water partition coefficient (Wildman–Crippen LogP) is 3.21. The summed E-state index contributed by atoms with van der Waals surface area (Å²) in [6.07, 6.45) is 0. The highest BCUT2D eigenvalue weighted by Gasteiger charge is 2.28. The monoisotopic (exact) mass is 404 g/mol. The van der Waals surface area contributed by atoms with E-state index in [4.69, 9.17) is 4.74 Å². The summed E-state index contributed by atoms with van der Waals surface area (Å²) >= 11 is 0. The first-order valence-electron chi connectivity index (χ1n) is 8.97. The molecule has 0 aliphatic heterocycles. The Morgan fingerprint density at radius 2 is 1.59 bits per heavy atom. The van der Waals surface area contributed by atoms with Crippen LogP contribution in [-0.2, 0) is 14.3 Å². The largest absolute Gasteiger partial charge is 0.454 e. The zero-order valence-corrected chi connectivity index (χ0v) is 16.3. The van der Waals surface area contributed by atoms with Crippen LogP contribution in [0.1, 0.15) is 29.8 Å². The van der Waals surface area contributed by atoms with Gasteiger partial charge >= 0.3 is 5.97 Å². The molecule has 0 aliphatic carbocycles. The number of ether oxygens (including phenoxy) is 1. The van der Waals surface area contributed by atoms with Crippen LogP contribution in [0.5, 0.6) is 0 Å². The van der Waals surface area contributed by atoms with Gasteiger partial charge in [-0.15, -0.1) is 0 Å². The molecule has 0 bridgehead atoms. The molecule has 8 heteroatoms. The quantitative estimate of drug-likeness (QED) is 0.694. The number of halogens is 2. The van der Waals surface area contributed by atoms with Gasteiger partial charge in [0.2, 0.25) is 0 Å². The molecule has 0 saturated carbocycles. The molecule has 0 aromatic heterocycles. The molecule has 2 aromatic carbocycles. The van der Waals surface area contributed by atoms with Crippen molar-refractivity contribution in [3.63, 3.8) is 0 Å². The topological polar surface area (TPSA) is 84.5 Å². The van der Waals surface area contributed by atoms with Gasteiger partial charge in [-0.3, -0.25) is 9.59 Å². The van der Waals surface area contributed by atoms with E-state index in [1.54, 1.807) is 26.0 Å². The first kappa shape index (κ1) is 22.0. The molecule has 2 amide bonds. The van der Waals surface area contributed by atoms with E-state index in [0.717, 1.165) is 23.8 Å². The highest BCUT2D eigenvalue weighted by atomic mass is 19.1. The predicted molar refractivity (Wildman–Crippen MR) is 103 cm³/mol. The van der Waals surface area contributed by atoms with Crippen LogP contribution in [0.3, 0.4) is 0 Å². The second-order valence-electron chi connectivity index (χ2n) is 6.81. The Balaban J connectivity index is 1.97. The van der Waals surface area contributed by atoms with Crippen molar-refractivity contribution in [1.29, 1.82) is 0 Å². The number of hydrogen-bond acceptors (Lipinski definition) is 4. The van der Waals surface area contributed by atoms with Gasteiger partial charge in [0.15, 0.2) is 6.61 Å². The van der Waals surface area contributed by atoms with Gasteiger partial charge in [-0.05, 0) is 37.1 Å². The summed E-state index contributed by atoms with van der Waals surface area (Å²) in [5.41, 5.74) is 0.777. The van der Waals surface area contributed by atoms with Gasteiger partial charge in [0.25, 0.3) is 11.8 Å². The summed E-state index contributed by atoms with van der Waals surface area (Å²) in [4.78, 5) is 36.5. The lowest BCUT2D eigenvalue weighted by Crippen LogP contribution is -2.46. The highest BCUT2D eigenvalue weighted by Crippen LogP contribution is 2.14. The molecule has 2 aromatic rings. The van der Waals surface area contributed by atoms with E-state index in [1.165, 1.54) is 0 Å². The third-order valence-corrected chi connectivity index (χ3v) is 4.08. The Hall–Kier alpha value is -3.29. The number of anilines is 1. The number of aryl methyl sites for hydroxylation is 1. The van der Waals surface area contributed by atoms with Crippen molar-refractivity contribution in [2.75, 3.05) is 11.9 Å². The van der Waals surface area contributed by atoms with Crippen LogP contribution >= 0.6 is 0 Å². The maximum Gasteiger partial charge on any atom is 0.329 e. The fourth-order valence-electron chi connectivity index (χ4n) is 2.49. The lowest BCUT2D eigenvalue weighted by molar-refractivity contribution is -0.150. The van der Waals surface area contributed by atoms with Crippen molar-refractivity contribution in [1.82, 2.24) is 5.32 Å². The van der Waals surface area contributed by atoms with Crippen molar-refractivity contribution < 1.29 is 27.9 Å². The van der Waals surface area contributed by atoms with Crippen molar-refractivity contribution in [3.8, 4) is 0 Å². The van der Waals surface area contributed by atoms with Crippen molar-refractivity contribution in [3.05, 3.63) is 65.2 Å². The molecule has 0 radical (unpaired) electrons. The number of carbonyl (C=O) groups is 3. The van der Waals surface area contributed by atoms with Gasteiger partial charge in [-0.25, -0.2) is 13.6 Å². The van der Waals surface area contributed by atoms with Crippen LogP contribution in [0.4, 0.5) is 14.5 Å². The average molecular weight is 404 g/mol. The number of hydrogen-bond donors (Lipinski definition) is 2. The van der Waals surface area contributed by atoms with Gasteiger partial charge in [-0.2, -0.15) is 0 Å². The second kappa shape index (κ2) is 9.77. The molecular formula is C21H22F2N2O4. The van der Waals surface area contributed by atoms with E-state index >= 15 is 0 Å². The third kappa shape index (κ3) is 6.10. The summed E-state index contributed by atoms with van der Waals surface area (Å²) in [5.74, 6) is -5.06. The number of amides is 2. The SMILES string of the molecule is Cc1ccc(NC(=O)COC(=O)[C@@H](NC(=O)c2c(F)cccc2F)C(C)C)cc1. The summed E-state index contributed by atoms with van der Waals surface area (Å²) in [7, 11) is 0. The van der Waals surface area contributed by atoms with Crippen LogP contribution in [0.25, 0.3) is 0 Å². The fourth-order valence-corrected chi connectivity index (χ4v) is 2.49. The van der Waals surface area contributed by atoms with Crippen LogP contribution in [0, 0.1) is 24.5 Å². The highest BCUT2D eigenvalue weighted by molar-refractivity contribution is 5.98. The fraction of sp³-hybridized carbons (Fsp3) is 0.286. The van der Waals surface area contributed by atoms with Crippen LogP contribution in [0.2, 0.25) is 0 Å². The maximum absolute atomic E-state index is 13.8. The number of benzene rings is 2. The van der Waals surface area contributed by atoms with Gasteiger partial charge < -0.3 is 15.4 Å². The summed E-state index contributed by atoms with van der Waals surface area (Å²) in [6.45, 7) is 4.58. The number of esters is 1. The van der Waals surface area contributed by atoms with E-state index in [0.29, 0.717) is 5.69 Å². The van der Waals surface area contributed by atoms with Crippen molar-refractivity contribution in [2.24, 2.45) is 5.92 Å². The minimum Gasteiger partial charge on any atom is -0.454 e. The Labute approximate surface area is 167 Å². The zero-order chi connectivity index (χ0) is 21.6. The Morgan fingerprint density at radius 3 is 2.14 bits per heavy atom. The lowest BCUT2D eigenvalue weighted by atomic mass is 10.0. The summed E-state index contributed by atoms with van der Waals surface area (Å²) in [6, 6.07) is 8.86. The smallest absolute Gasteiger partial charge is 0.329 e. The third-order valence-electron chi connectivity index (χ3n) is 4.08. The van der Waals surface area contributed by atoms with Gasteiger partial charge in [0, 0.05) is 5.69 Å². The maximum atomic E-state index is 13.8. The number of carbonyl (C=O) groups excluding carboxylic acids is 3. The van der Waals surface area contributed by atoms with Crippen LogP contribution in [0.15, 0.2) is 42.5 Å².